The first kappa shape index (κ1) is 21.7. The van der Waals surface area contributed by atoms with Crippen LogP contribution >= 0.6 is 0 Å². The summed E-state index contributed by atoms with van der Waals surface area (Å²) in [6.45, 7) is 5.73. The molecule has 0 bridgehead atoms. The summed E-state index contributed by atoms with van der Waals surface area (Å²) in [5.41, 5.74) is 2.48. The average molecular weight is 436 g/mol. The molecule has 4 atom stereocenters. The summed E-state index contributed by atoms with van der Waals surface area (Å²) in [5.74, 6) is 3.22. The quantitative estimate of drug-likeness (QED) is 0.653. The Labute approximate surface area is 192 Å². The Balaban J connectivity index is 1.12. The fourth-order valence-corrected chi connectivity index (χ4v) is 5.78. The molecule has 3 heterocycles. The second kappa shape index (κ2) is 10.7. The summed E-state index contributed by atoms with van der Waals surface area (Å²) in [6, 6.07) is 13.2. The lowest BCUT2D eigenvalue weighted by Gasteiger charge is -2.44. The predicted octanol–water partition coefficient (Wildman–Crippen LogP) is 4.67. The van der Waals surface area contributed by atoms with Crippen molar-refractivity contribution in [3.05, 3.63) is 54.4 Å². The fourth-order valence-electron chi connectivity index (χ4n) is 5.78. The van der Waals surface area contributed by atoms with Gasteiger partial charge in [-0.2, -0.15) is 0 Å². The number of pyridine rings is 1. The van der Waals surface area contributed by atoms with Crippen LogP contribution in [0.2, 0.25) is 0 Å². The van der Waals surface area contributed by atoms with Gasteiger partial charge in [0.2, 0.25) is 0 Å². The van der Waals surface area contributed by atoms with E-state index in [1.54, 1.807) is 0 Å². The maximum absolute atomic E-state index is 6.09. The number of piperidine rings is 1. The SMILES string of the molecule is c1ccc(COC[C@@H]2CCC3CCN(c4cncc(OC[C@@H]5CCCN5)c4)CC3C2)cc1. The largest absolute Gasteiger partial charge is 0.490 e. The Kier molecular flexibility index (Phi) is 7.24. The van der Waals surface area contributed by atoms with Gasteiger partial charge < -0.3 is 19.7 Å². The highest BCUT2D eigenvalue weighted by atomic mass is 16.5. The van der Waals surface area contributed by atoms with Crippen LogP contribution in [0.15, 0.2) is 48.8 Å². The number of fused-ring (bicyclic) bond motifs is 1. The van der Waals surface area contributed by atoms with Crippen LogP contribution in [0.4, 0.5) is 5.69 Å². The van der Waals surface area contributed by atoms with Crippen LogP contribution in [0, 0.1) is 17.8 Å². The summed E-state index contributed by atoms with van der Waals surface area (Å²) < 4.78 is 12.1. The third-order valence-electron chi connectivity index (χ3n) is 7.62. The van der Waals surface area contributed by atoms with Crippen molar-refractivity contribution in [2.45, 2.75) is 51.2 Å². The lowest BCUT2D eigenvalue weighted by molar-refractivity contribution is 0.0464. The van der Waals surface area contributed by atoms with Crippen LogP contribution in [-0.2, 0) is 11.3 Å². The normalized spacial score (nSPS) is 27.8. The summed E-state index contributed by atoms with van der Waals surface area (Å²) >= 11 is 0. The number of hydrogen-bond donors (Lipinski definition) is 1. The van der Waals surface area contributed by atoms with Gasteiger partial charge in [0.05, 0.1) is 24.7 Å². The molecular formula is C27H37N3O2. The first-order valence-corrected chi connectivity index (χ1v) is 12.5. The predicted molar refractivity (Wildman–Crippen MR) is 128 cm³/mol. The molecule has 0 spiro atoms. The van der Waals surface area contributed by atoms with Gasteiger partial charge >= 0.3 is 0 Å². The highest BCUT2D eigenvalue weighted by Crippen LogP contribution is 2.40. The van der Waals surface area contributed by atoms with E-state index in [4.69, 9.17) is 9.47 Å². The Morgan fingerprint density at radius 3 is 2.81 bits per heavy atom. The Bertz CT molecular complexity index is 840. The number of aromatic nitrogens is 1. The van der Waals surface area contributed by atoms with Gasteiger partial charge in [0.25, 0.3) is 0 Å². The van der Waals surface area contributed by atoms with E-state index in [1.165, 1.54) is 49.8 Å². The lowest BCUT2D eigenvalue weighted by atomic mass is 9.71. The maximum Gasteiger partial charge on any atom is 0.139 e. The van der Waals surface area contributed by atoms with Gasteiger partial charge in [-0.15, -0.1) is 0 Å². The van der Waals surface area contributed by atoms with Crippen molar-refractivity contribution in [1.82, 2.24) is 10.3 Å². The van der Waals surface area contributed by atoms with Crippen molar-refractivity contribution in [2.75, 3.05) is 37.7 Å². The molecule has 1 aromatic heterocycles. The summed E-state index contributed by atoms with van der Waals surface area (Å²) in [7, 11) is 0. The smallest absolute Gasteiger partial charge is 0.139 e. The first-order chi connectivity index (χ1) is 15.8. The molecule has 172 valence electrons. The molecule has 3 aliphatic rings. The zero-order valence-electron chi connectivity index (χ0n) is 19.1. The number of anilines is 1. The van der Waals surface area contributed by atoms with Crippen molar-refractivity contribution in [3.8, 4) is 5.75 Å². The standard InChI is InChI=1S/C27H37N3O2/c1-2-5-21(6-3-1)18-31-19-22-8-9-23-10-12-30(17-24(23)13-22)26-14-27(16-28-15-26)32-20-25-7-4-11-29-25/h1-3,5-6,14-16,22-25,29H,4,7-13,17-20H2/t22-,23?,24?,25+/m1/s1. The molecule has 1 saturated carbocycles. The van der Waals surface area contributed by atoms with Crippen molar-refractivity contribution < 1.29 is 9.47 Å². The number of nitrogens with one attached hydrogen (secondary N) is 1. The average Bonchev–Trinajstić information content (AvgIpc) is 3.37. The second-order valence-electron chi connectivity index (χ2n) is 9.92. The van der Waals surface area contributed by atoms with E-state index in [-0.39, 0.29) is 0 Å². The van der Waals surface area contributed by atoms with E-state index in [1.807, 2.05) is 12.4 Å². The maximum atomic E-state index is 6.09. The summed E-state index contributed by atoms with van der Waals surface area (Å²) in [5, 5.41) is 3.50. The topological polar surface area (TPSA) is 46.6 Å². The van der Waals surface area contributed by atoms with Crippen LogP contribution in [-0.4, -0.2) is 43.9 Å². The Morgan fingerprint density at radius 2 is 1.94 bits per heavy atom. The molecule has 1 N–H and O–H groups in total. The number of benzene rings is 1. The van der Waals surface area contributed by atoms with Crippen LogP contribution in [0.1, 0.15) is 44.1 Å². The van der Waals surface area contributed by atoms with Gasteiger partial charge in [0, 0.05) is 31.8 Å². The minimum atomic E-state index is 0.484. The lowest BCUT2D eigenvalue weighted by Crippen LogP contribution is -2.43. The van der Waals surface area contributed by atoms with E-state index in [2.05, 4.69) is 51.6 Å². The van der Waals surface area contributed by atoms with Gasteiger partial charge in [-0.1, -0.05) is 30.3 Å². The minimum Gasteiger partial charge on any atom is -0.490 e. The first-order valence-electron chi connectivity index (χ1n) is 12.5. The summed E-state index contributed by atoms with van der Waals surface area (Å²) in [6.07, 6.45) is 11.6. The van der Waals surface area contributed by atoms with Gasteiger partial charge in [-0.3, -0.25) is 4.98 Å². The molecule has 2 aromatic rings. The van der Waals surface area contributed by atoms with Crippen molar-refractivity contribution in [2.24, 2.45) is 17.8 Å². The molecule has 0 amide bonds. The number of hydrogen-bond acceptors (Lipinski definition) is 5. The zero-order chi connectivity index (χ0) is 21.6. The van der Waals surface area contributed by atoms with Crippen LogP contribution < -0.4 is 15.0 Å². The van der Waals surface area contributed by atoms with Crippen molar-refractivity contribution in [3.63, 3.8) is 0 Å². The van der Waals surface area contributed by atoms with E-state index >= 15 is 0 Å². The van der Waals surface area contributed by atoms with Crippen LogP contribution in [0.5, 0.6) is 5.75 Å². The fraction of sp³-hybridized carbons (Fsp3) is 0.593. The van der Waals surface area contributed by atoms with Gasteiger partial charge in [0.1, 0.15) is 12.4 Å². The monoisotopic (exact) mass is 435 g/mol. The highest BCUT2D eigenvalue weighted by Gasteiger charge is 2.35. The summed E-state index contributed by atoms with van der Waals surface area (Å²) in [4.78, 5) is 7.02. The highest BCUT2D eigenvalue weighted by molar-refractivity contribution is 5.48. The molecule has 1 aliphatic carbocycles. The molecule has 32 heavy (non-hydrogen) atoms. The molecule has 1 aromatic carbocycles. The third kappa shape index (κ3) is 5.62. The molecular weight excluding hydrogens is 398 g/mol. The van der Waals surface area contributed by atoms with Gasteiger partial charge in [-0.25, -0.2) is 0 Å². The zero-order valence-corrected chi connectivity index (χ0v) is 19.1. The van der Waals surface area contributed by atoms with Crippen molar-refractivity contribution >= 4 is 5.69 Å². The van der Waals surface area contributed by atoms with E-state index in [0.29, 0.717) is 12.0 Å². The van der Waals surface area contributed by atoms with Crippen molar-refractivity contribution in [1.29, 1.82) is 0 Å². The third-order valence-corrected chi connectivity index (χ3v) is 7.62. The Morgan fingerprint density at radius 1 is 1.00 bits per heavy atom. The Hall–Kier alpha value is -2.11. The number of nitrogens with zero attached hydrogens (tertiary/aromatic N) is 2. The molecule has 2 saturated heterocycles. The van der Waals surface area contributed by atoms with Crippen LogP contribution in [0.25, 0.3) is 0 Å². The van der Waals surface area contributed by atoms with E-state index < -0.39 is 0 Å². The molecule has 5 nitrogen and oxygen atoms in total. The van der Waals surface area contributed by atoms with Crippen LogP contribution in [0.3, 0.4) is 0 Å². The molecule has 5 rings (SSSR count). The van der Waals surface area contributed by atoms with E-state index in [0.717, 1.165) is 57.0 Å². The molecule has 2 unspecified atom stereocenters. The molecule has 0 radical (unpaired) electrons. The molecule has 3 fully saturated rings. The minimum absolute atomic E-state index is 0.484. The molecule has 2 aliphatic heterocycles. The number of rotatable bonds is 8. The van der Waals surface area contributed by atoms with Gasteiger partial charge in [0.15, 0.2) is 0 Å². The van der Waals surface area contributed by atoms with Gasteiger partial charge in [-0.05, 0) is 68.4 Å². The molecule has 5 heteroatoms. The second-order valence-corrected chi connectivity index (χ2v) is 9.92. The number of ether oxygens (including phenoxy) is 2. The van der Waals surface area contributed by atoms with E-state index in [9.17, 15) is 0 Å².